The van der Waals surface area contributed by atoms with Crippen LogP contribution in [0.15, 0.2) is 11.6 Å². The summed E-state index contributed by atoms with van der Waals surface area (Å²) in [7, 11) is 0. The predicted octanol–water partition coefficient (Wildman–Crippen LogP) is 2.72. The van der Waals surface area contributed by atoms with Crippen molar-refractivity contribution in [2.24, 2.45) is 5.73 Å². The van der Waals surface area contributed by atoms with Crippen molar-refractivity contribution in [3.63, 3.8) is 0 Å². The summed E-state index contributed by atoms with van der Waals surface area (Å²) >= 11 is 7.66. The number of fused-ring (bicyclic) bond motifs is 1. The zero-order valence-corrected chi connectivity index (χ0v) is 8.75. The van der Waals surface area contributed by atoms with Gasteiger partial charge in [-0.3, -0.25) is 0 Å². The Morgan fingerprint density at radius 3 is 3.08 bits per heavy atom. The summed E-state index contributed by atoms with van der Waals surface area (Å²) in [5.41, 5.74) is 7.84. The minimum atomic E-state index is 0.515. The van der Waals surface area contributed by atoms with Crippen LogP contribution in [0.3, 0.4) is 0 Å². The first-order valence-corrected chi connectivity index (χ1v) is 5.21. The lowest BCUT2D eigenvalue weighted by Gasteiger charge is -2.00. The molecule has 0 fully saturated rings. The van der Waals surface area contributed by atoms with Gasteiger partial charge in [0.2, 0.25) is 0 Å². The maximum atomic E-state index is 5.99. The zero-order chi connectivity index (χ0) is 9.42. The van der Waals surface area contributed by atoms with E-state index in [9.17, 15) is 0 Å². The number of hydrogen-bond donors (Lipinski definition) is 1. The van der Waals surface area contributed by atoms with Crippen molar-refractivity contribution in [3.8, 4) is 0 Å². The molecular weight excluding hydrogens is 204 g/mol. The number of pyridine rings is 1. The summed E-state index contributed by atoms with van der Waals surface area (Å²) in [6, 6.07) is 0. The van der Waals surface area contributed by atoms with E-state index in [0.717, 1.165) is 10.9 Å². The summed E-state index contributed by atoms with van der Waals surface area (Å²) in [4.78, 5) is 4.10. The molecule has 2 N–H and O–H groups in total. The average Bonchev–Trinajstić information content (AvgIpc) is 2.50. The van der Waals surface area contributed by atoms with Crippen molar-refractivity contribution >= 4 is 33.0 Å². The van der Waals surface area contributed by atoms with Crippen molar-refractivity contribution in [1.82, 2.24) is 4.98 Å². The normalized spacial score (nSPS) is 11.0. The molecule has 0 amide bonds. The second kappa shape index (κ2) is 3.25. The monoisotopic (exact) mass is 212 g/mol. The fourth-order valence-electron chi connectivity index (χ4n) is 1.34. The van der Waals surface area contributed by atoms with Gasteiger partial charge in [-0.2, -0.15) is 0 Å². The van der Waals surface area contributed by atoms with Crippen LogP contribution in [0.5, 0.6) is 0 Å². The van der Waals surface area contributed by atoms with E-state index in [4.69, 9.17) is 17.3 Å². The van der Waals surface area contributed by atoms with Crippen molar-refractivity contribution in [2.45, 2.75) is 13.5 Å². The quantitative estimate of drug-likeness (QED) is 0.739. The Morgan fingerprint density at radius 2 is 2.38 bits per heavy atom. The molecule has 0 aliphatic heterocycles. The lowest BCUT2D eigenvalue weighted by atomic mass is 10.2. The average molecular weight is 213 g/mol. The first-order chi connectivity index (χ1) is 6.24. The van der Waals surface area contributed by atoms with Gasteiger partial charge in [-0.05, 0) is 17.9 Å². The molecule has 0 aliphatic carbocycles. The van der Waals surface area contributed by atoms with Gasteiger partial charge < -0.3 is 5.73 Å². The third kappa shape index (κ3) is 1.33. The number of nitrogens with zero attached hydrogens (tertiary/aromatic N) is 1. The minimum absolute atomic E-state index is 0.515. The van der Waals surface area contributed by atoms with Crippen LogP contribution in [0.1, 0.15) is 11.1 Å². The summed E-state index contributed by atoms with van der Waals surface area (Å²) < 4.78 is 1.17. The molecule has 2 aromatic rings. The fraction of sp³-hybridized carbons (Fsp3) is 0.222. The first kappa shape index (κ1) is 8.94. The van der Waals surface area contributed by atoms with Gasteiger partial charge in [0.25, 0.3) is 0 Å². The maximum Gasteiger partial charge on any atom is 0.137 e. The molecule has 2 aromatic heterocycles. The molecule has 68 valence electrons. The summed E-state index contributed by atoms with van der Waals surface area (Å²) in [5.74, 6) is 0. The lowest BCUT2D eigenvalue weighted by Crippen LogP contribution is -1.97. The molecule has 0 saturated heterocycles. The number of nitrogens with two attached hydrogens (primary N) is 1. The van der Waals surface area contributed by atoms with Crippen LogP contribution in [0, 0.1) is 6.92 Å². The highest BCUT2D eigenvalue weighted by molar-refractivity contribution is 7.17. The summed E-state index contributed by atoms with van der Waals surface area (Å²) in [6.45, 7) is 2.55. The number of halogens is 1. The van der Waals surface area contributed by atoms with E-state index >= 15 is 0 Å². The molecule has 13 heavy (non-hydrogen) atoms. The van der Waals surface area contributed by atoms with Gasteiger partial charge in [-0.15, -0.1) is 11.3 Å². The van der Waals surface area contributed by atoms with Crippen molar-refractivity contribution in [3.05, 3.63) is 27.9 Å². The van der Waals surface area contributed by atoms with Gasteiger partial charge in [-0.1, -0.05) is 11.6 Å². The molecule has 0 atom stereocenters. The zero-order valence-electron chi connectivity index (χ0n) is 7.17. The molecule has 2 heterocycles. The van der Waals surface area contributed by atoms with Gasteiger partial charge in [0, 0.05) is 28.4 Å². The Labute approximate surface area is 85.3 Å². The Hall–Kier alpha value is -0.640. The molecule has 4 heteroatoms. The van der Waals surface area contributed by atoms with Crippen LogP contribution < -0.4 is 5.73 Å². The van der Waals surface area contributed by atoms with Gasteiger partial charge >= 0.3 is 0 Å². The highest BCUT2D eigenvalue weighted by atomic mass is 35.5. The van der Waals surface area contributed by atoms with E-state index in [1.165, 1.54) is 10.3 Å². The number of aromatic nitrogens is 1. The van der Waals surface area contributed by atoms with E-state index in [2.05, 4.69) is 10.4 Å². The van der Waals surface area contributed by atoms with Gasteiger partial charge in [0.15, 0.2) is 0 Å². The van der Waals surface area contributed by atoms with Crippen molar-refractivity contribution < 1.29 is 0 Å². The van der Waals surface area contributed by atoms with E-state index in [1.807, 2.05) is 6.92 Å². The van der Waals surface area contributed by atoms with E-state index in [1.54, 1.807) is 17.5 Å². The van der Waals surface area contributed by atoms with Crippen LogP contribution in [-0.4, -0.2) is 4.98 Å². The molecule has 0 radical (unpaired) electrons. The molecular formula is C9H9ClN2S. The van der Waals surface area contributed by atoms with E-state index in [0.29, 0.717) is 11.7 Å². The first-order valence-electron chi connectivity index (χ1n) is 3.95. The molecule has 0 spiro atoms. The minimum Gasteiger partial charge on any atom is -0.326 e. The van der Waals surface area contributed by atoms with Gasteiger partial charge in [-0.25, -0.2) is 4.98 Å². The van der Waals surface area contributed by atoms with Gasteiger partial charge in [0.05, 0.1) is 0 Å². The Balaban J connectivity index is 2.87. The highest BCUT2D eigenvalue weighted by Gasteiger charge is 2.08. The number of aryl methyl sites for hydroxylation is 1. The molecule has 0 aliphatic rings. The molecule has 2 nitrogen and oxygen atoms in total. The third-order valence-electron chi connectivity index (χ3n) is 2.03. The molecule has 0 saturated carbocycles. The van der Waals surface area contributed by atoms with Crippen LogP contribution in [0.4, 0.5) is 0 Å². The third-order valence-corrected chi connectivity index (χ3v) is 3.49. The number of thiophene rings is 1. The van der Waals surface area contributed by atoms with E-state index in [-0.39, 0.29) is 0 Å². The lowest BCUT2D eigenvalue weighted by molar-refractivity contribution is 1.07. The van der Waals surface area contributed by atoms with Crippen LogP contribution in [-0.2, 0) is 6.54 Å². The smallest absolute Gasteiger partial charge is 0.137 e. The largest absolute Gasteiger partial charge is 0.326 e. The molecule has 0 bridgehead atoms. The predicted molar refractivity (Wildman–Crippen MR) is 57.3 cm³/mol. The maximum absolute atomic E-state index is 5.99. The summed E-state index contributed by atoms with van der Waals surface area (Å²) in [6.07, 6.45) is 1.75. The fourth-order valence-corrected chi connectivity index (χ4v) is 2.76. The Morgan fingerprint density at radius 1 is 1.62 bits per heavy atom. The standard InChI is InChI=1S/C9H9ClN2S/c1-5-4-13-8-6(2-11)3-12-9(10)7(5)8/h3-4H,2,11H2,1H3. The van der Waals surface area contributed by atoms with Crippen LogP contribution >= 0.6 is 22.9 Å². The van der Waals surface area contributed by atoms with Crippen LogP contribution in [0.2, 0.25) is 5.15 Å². The topological polar surface area (TPSA) is 38.9 Å². The van der Waals surface area contributed by atoms with Crippen molar-refractivity contribution in [1.29, 1.82) is 0 Å². The molecule has 0 unspecified atom stereocenters. The highest BCUT2D eigenvalue weighted by Crippen LogP contribution is 2.32. The Bertz CT molecular complexity index is 450. The molecule has 2 rings (SSSR count). The SMILES string of the molecule is Cc1csc2c(CN)cnc(Cl)c12. The van der Waals surface area contributed by atoms with Gasteiger partial charge in [0.1, 0.15) is 5.15 Å². The molecule has 0 aromatic carbocycles. The van der Waals surface area contributed by atoms with Crippen LogP contribution in [0.25, 0.3) is 10.1 Å². The van der Waals surface area contributed by atoms with E-state index < -0.39 is 0 Å². The second-order valence-electron chi connectivity index (χ2n) is 2.90. The second-order valence-corrected chi connectivity index (χ2v) is 4.14. The number of rotatable bonds is 1. The van der Waals surface area contributed by atoms with Crippen molar-refractivity contribution in [2.75, 3.05) is 0 Å². The summed E-state index contributed by atoms with van der Waals surface area (Å²) in [5, 5.41) is 3.71. The Kier molecular flexibility index (Phi) is 2.24. The number of hydrogen-bond acceptors (Lipinski definition) is 3.